The Hall–Kier alpha value is -4.54. The van der Waals surface area contributed by atoms with Crippen LogP contribution in [0.5, 0.6) is 0 Å². The number of benzene rings is 3. The second kappa shape index (κ2) is 8.30. The van der Waals surface area contributed by atoms with E-state index in [-0.39, 0.29) is 5.70 Å². The van der Waals surface area contributed by atoms with Gasteiger partial charge in [-0.3, -0.25) is 0 Å². The van der Waals surface area contributed by atoms with Crippen LogP contribution in [0.4, 0.5) is 0 Å². The lowest BCUT2D eigenvalue weighted by molar-refractivity contribution is 0.219. The third-order valence-corrected chi connectivity index (χ3v) is 5.65. The van der Waals surface area contributed by atoms with E-state index >= 15 is 0 Å². The summed E-state index contributed by atoms with van der Waals surface area (Å²) in [4.78, 5) is 3.30. The van der Waals surface area contributed by atoms with Crippen molar-refractivity contribution in [3.8, 4) is 11.8 Å². The fourth-order valence-corrected chi connectivity index (χ4v) is 4.13. The van der Waals surface area contributed by atoms with Crippen LogP contribution in [-0.2, 0) is 4.74 Å². The molecule has 0 spiro atoms. The molecule has 0 fully saturated rings. The van der Waals surface area contributed by atoms with Gasteiger partial charge in [0.25, 0.3) is 5.70 Å². The van der Waals surface area contributed by atoms with E-state index in [2.05, 4.69) is 82.2 Å². The summed E-state index contributed by atoms with van der Waals surface area (Å²) in [6.07, 6.45) is 6.22. The first-order valence-electron chi connectivity index (χ1n) is 10.4. The molecule has 5 rings (SSSR count). The summed E-state index contributed by atoms with van der Waals surface area (Å²) in [5.74, 6) is 0.661. The SMILES string of the molecule is [C-]#[N+]/C(C#N)=C1C=C(/C=C/c2ccc(-n3c4ccccc4c4ccccc43)cc2)OCC\1. The second-order valence-electron chi connectivity index (χ2n) is 7.54. The van der Waals surface area contributed by atoms with Crippen LogP contribution >= 0.6 is 0 Å². The van der Waals surface area contributed by atoms with Crippen molar-refractivity contribution in [1.29, 1.82) is 5.26 Å². The van der Waals surface area contributed by atoms with Gasteiger partial charge >= 0.3 is 0 Å². The van der Waals surface area contributed by atoms with Gasteiger partial charge in [-0.15, -0.1) is 0 Å². The lowest BCUT2D eigenvalue weighted by Crippen LogP contribution is -2.03. The van der Waals surface area contributed by atoms with Crippen molar-refractivity contribution in [1.82, 2.24) is 4.57 Å². The number of aromatic nitrogens is 1. The predicted molar refractivity (Wildman–Crippen MR) is 128 cm³/mol. The molecule has 4 nitrogen and oxygen atoms in total. The molecule has 1 aliphatic heterocycles. The monoisotopic (exact) mass is 413 g/mol. The van der Waals surface area contributed by atoms with Gasteiger partial charge in [-0.1, -0.05) is 54.6 Å². The van der Waals surface area contributed by atoms with E-state index in [0.29, 0.717) is 18.8 Å². The van der Waals surface area contributed by atoms with Gasteiger partial charge in [-0.05, 0) is 54.0 Å². The zero-order valence-electron chi connectivity index (χ0n) is 17.3. The highest BCUT2D eigenvalue weighted by atomic mass is 16.5. The molecule has 32 heavy (non-hydrogen) atoms. The van der Waals surface area contributed by atoms with E-state index < -0.39 is 0 Å². The summed E-state index contributed by atoms with van der Waals surface area (Å²) in [5.41, 5.74) is 5.38. The Labute approximate surface area is 186 Å². The molecule has 0 amide bonds. The molecule has 152 valence electrons. The first-order valence-corrected chi connectivity index (χ1v) is 10.4. The average molecular weight is 413 g/mol. The highest BCUT2D eigenvalue weighted by Gasteiger charge is 2.12. The van der Waals surface area contributed by atoms with Crippen LogP contribution < -0.4 is 0 Å². The zero-order chi connectivity index (χ0) is 21.9. The molecule has 1 aromatic heterocycles. The average Bonchev–Trinajstić information content (AvgIpc) is 3.19. The van der Waals surface area contributed by atoms with Crippen LogP contribution in [0.25, 0.3) is 38.4 Å². The van der Waals surface area contributed by atoms with Gasteiger partial charge in [0.2, 0.25) is 0 Å². The molecule has 3 aromatic carbocycles. The third kappa shape index (κ3) is 3.45. The third-order valence-electron chi connectivity index (χ3n) is 5.65. The number of fused-ring (bicyclic) bond motifs is 3. The van der Waals surface area contributed by atoms with Crippen molar-refractivity contribution in [3.63, 3.8) is 0 Å². The largest absolute Gasteiger partial charge is 0.493 e. The van der Waals surface area contributed by atoms with E-state index in [0.717, 1.165) is 16.8 Å². The maximum atomic E-state index is 9.10. The Kier molecular flexibility index (Phi) is 5.04. The number of nitrogens with zero attached hydrogens (tertiary/aromatic N) is 3. The van der Waals surface area contributed by atoms with Crippen molar-refractivity contribution in [2.45, 2.75) is 6.42 Å². The molecule has 1 aliphatic rings. The Morgan fingerprint density at radius 1 is 0.938 bits per heavy atom. The topological polar surface area (TPSA) is 42.3 Å². The maximum Gasteiger partial charge on any atom is 0.265 e. The Bertz CT molecular complexity index is 1430. The molecule has 0 N–H and O–H groups in total. The van der Waals surface area contributed by atoms with Crippen LogP contribution in [-0.4, -0.2) is 11.2 Å². The predicted octanol–water partition coefficient (Wildman–Crippen LogP) is 6.80. The van der Waals surface area contributed by atoms with Gasteiger partial charge in [0.1, 0.15) is 5.76 Å². The summed E-state index contributed by atoms with van der Waals surface area (Å²) in [6, 6.07) is 27.3. The molecule has 2 heterocycles. The van der Waals surface area contributed by atoms with Crippen LogP contribution in [0, 0.1) is 17.9 Å². The fourth-order valence-electron chi connectivity index (χ4n) is 4.13. The van der Waals surface area contributed by atoms with Gasteiger partial charge in [0.15, 0.2) is 0 Å². The van der Waals surface area contributed by atoms with Gasteiger partial charge in [-0.25, -0.2) is 10.1 Å². The standard InChI is InChI=1S/C28H19N3O/c1-30-26(19-29)21-16-17-32-23(18-21)15-12-20-10-13-22(14-11-20)31-27-8-4-2-6-24(27)25-7-3-5-9-28(25)31/h2-15,18H,16-17H2/b15-12+,26-21-. The zero-order valence-corrected chi connectivity index (χ0v) is 17.3. The molecule has 0 atom stereocenters. The van der Waals surface area contributed by atoms with Crippen LogP contribution in [0.1, 0.15) is 12.0 Å². The molecule has 0 unspecified atom stereocenters. The first-order chi connectivity index (χ1) is 15.8. The summed E-state index contributed by atoms with van der Waals surface area (Å²) in [7, 11) is 0. The van der Waals surface area contributed by atoms with E-state index in [1.165, 1.54) is 21.8 Å². The smallest absolute Gasteiger partial charge is 0.265 e. The van der Waals surface area contributed by atoms with Crippen molar-refractivity contribution < 1.29 is 4.74 Å². The van der Waals surface area contributed by atoms with Crippen LogP contribution in [0.15, 0.2) is 102 Å². The second-order valence-corrected chi connectivity index (χ2v) is 7.54. The summed E-state index contributed by atoms with van der Waals surface area (Å²) >= 11 is 0. The van der Waals surface area contributed by atoms with Gasteiger partial charge in [0, 0.05) is 16.5 Å². The summed E-state index contributed by atoms with van der Waals surface area (Å²) < 4.78 is 7.96. The van der Waals surface area contributed by atoms with E-state index in [4.69, 9.17) is 16.6 Å². The molecule has 0 saturated heterocycles. The van der Waals surface area contributed by atoms with Crippen molar-refractivity contribution in [2.24, 2.45) is 0 Å². The number of para-hydroxylation sites is 2. The lowest BCUT2D eigenvalue weighted by Gasteiger charge is -2.14. The molecule has 0 saturated carbocycles. The molecule has 0 aliphatic carbocycles. The fraction of sp³-hybridized carbons (Fsp3) is 0.0714. The minimum Gasteiger partial charge on any atom is -0.493 e. The Balaban J connectivity index is 1.48. The summed E-state index contributed by atoms with van der Waals surface area (Å²) in [6.45, 7) is 7.60. The van der Waals surface area contributed by atoms with Crippen molar-refractivity contribution in [3.05, 3.63) is 119 Å². The number of hydrogen-bond acceptors (Lipinski definition) is 2. The van der Waals surface area contributed by atoms with Gasteiger partial charge in [-0.2, -0.15) is 0 Å². The maximum absolute atomic E-state index is 9.10. The number of rotatable bonds is 3. The molecular weight excluding hydrogens is 394 g/mol. The van der Waals surface area contributed by atoms with Gasteiger partial charge in [0.05, 0.1) is 30.3 Å². The molecule has 0 radical (unpaired) electrons. The summed E-state index contributed by atoms with van der Waals surface area (Å²) in [5, 5.41) is 11.6. The highest BCUT2D eigenvalue weighted by molar-refractivity contribution is 6.09. The van der Waals surface area contributed by atoms with E-state index in [1.54, 1.807) is 6.08 Å². The number of allylic oxidation sites excluding steroid dienone is 3. The number of nitriles is 1. The molecular formula is C28H19N3O. The minimum atomic E-state index is 0.134. The number of ether oxygens (including phenoxy) is 1. The molecule has 4 aromatic rings. The van der Waals surface area contributed by atoms with Crippen molar-refractivity contribution in [2.75, 3.05) is 6.61 Å². The molecule has 0 bridgehead atoms. The molecule has 4 heteroatoms. The van der Waals surface area contributed by atoms with Crippen molar-refractivity contribution >= 4 is 27.9 Å². The first kappa shape index (κ1) is 19.4. The van der Waals surface area contributed by atoms with Crippen LogP contribution in [0.3, 0.4) is 0 Å². The quantitative estimate of drug-likeness (QED) is 0.274. The van der Waals surface area contributed by atoms with Gasteiger partial charge < -0.3 is 9.30 Å². The Morgan fingerprint density at radius 3 is 2.22 bits per heavy atom. The van der Waals surface area contributed by atoms with Crippen LogP contribution in [0.2, 0.25) is 0 Å². The van der Waals surface area contributed by atoms with E-state index in [1.807, 2.05) is 18.2 Å². The lowest BCUT2D eigenvalue weighted by atomic mass is 10.1. The highest BCUT2D eigenvalue weighted by Crippen LogP contribution is 2.31. The number of hydrogen-bond donors (Lipinski definition) is 0. The normalized spacial score (nSPS) is 15.2. The van der Waals surface area contributed by atoms with E-state index in [9.17, 15) is 0 Å². The minimum absolute atomic E-state index is 0.134. The Morgan fingerprint density at radius 2 is 1.59 bits per heavy atom.